The van der Waals surface area contributed by atoms with Crippen LogP contribution in [0.3, 0.4) is 0 Å². The molecule has 1 amide bonds. The summed E-state index contributed by atoms with van der Waals surface area (Å²) >= 11 is 0. The second-order valence-electron chi connectivity index (χ2n) is 4.90. The summed E-state index contributed by atoms with van der Waals surface area (Å²) in [5, 5.41) is 2.87. The molecule has 4 heteroatoms. The van der Waals surface area contributed by atoms with E-state index in [0.717, 1.165) is 16.8 Å². The number of methoxy groups -OCH3 is 1. The molecule has 1 aliphatic rings. The van der Waals surface area contributed by atoms with E-state index >= 15 is 0 Å². The summed E-state index contributed by atoms with van der Waals surface area (Å²) in [6.45, 7) is 2.48. The predicted molar refractivity (Wildman–Crippen MR) is 87.1 cm³/mol. The lowest BCUT2D eigenvalue weighted by Gasteiger charge is -2.10. The van der Waals surface area contributed by atoms with Gasteiger partial charge in [0.1, 0.15) is 0 Å². The molecule has 1 heterocycles. The number of anilines is 1. The van der Waals surface area contributed by atoms with E-state index in [-0.39, 0.29) is 5.91 Å². The average Bonchev–Trinajstić information content (AvgIpc) is 2.84. The first-order valence-electron chi connectivity index (χ1n) is 7.16. The van der Waals surface area contributed by atoms with Crippen LogP contribution in [0.25, 0.3) is 11.6 Å². The fraction of sp³-hybridized carbons (Fsp3) is 0.167. The fourth-order valence-electron chi connectivity index (χ4n) is 2.50. The lowest BCUT2D eigenvalue weighted by atomic mass is 10.0. The quantitative estimate of drug-likeness (QED) is 0.877. The Hall–Kier alpha value is -2.75. The lowest BCUT2D eigenvalue weighted by molar-refractivity contribution is -0.110. The minimum absolute atomic E-state index is 0.0880. The number of ether oxygens (including phenoxy) is 2. The highest BCUT2D eigenvalue weighted by Crippen LogP contribution is 2.34. The van der Waals surface area contributed by atoms with E-state index in [0.29, 0.717) is 23.7 Å². The van der Waals surface area contributed by atoms with Gasteiger partial charge in [0.2, 0.25) is 0 Å². The SMILES string of the molecule is CCOc1cc(/C=C2/C(=O)Nc3ccccc32)ccc1OC. The molecule has 0 aromatic heterocycles. The zero-order chi connectivity index (χ0) is 15.5. The Morgan fingerprint density at radius 1 is 1.14 bits per heavy atom. The summed E-state index contributed by atoms with van der Waals surface area (Å²) in [6.07, 6.45) is 1.86. The number of benzene rings is 2. The third-order valence-corrected chi connectivity index (χ3v) is 3.51. The smallest absolute Gasteiger partial charge is 0.256 e. The Bertz CT molecular complexity index is 750. The number of para-hydroxylation sites is 1. The third-order valence-electron chi connectivity index (χ3n) is 3.51. The number of rotatable bonds is 4. The standard InChI is InChI=1S/C18H17NO3/c1-3-22-17-11-12(8-9-16(17)21-2)10-14-13-6-4-5-7-15(13)19-18(14)20/h4-11H,3H2,1-2H3,(H,19,20)/b14-10+. The van der Waals surface area contributed by atoms with E-state index in [9.17, 15) is 4.79 Å². The minimum Gasteiger partial charge on any atom is -0.493 e. The molecule has 0 bridgehead atoms. The monoisotopic (exact) mass is 295 g/mol. The molecule has 0 radical (unpaired) electrons. The zero-order valence-corrected chi connectivity index (χ0v) is 12.6. The molecule has 3 rings (SSSR count). The minimum atomic E-state index is -0.0880. The summed E-state index contributed by atoms with van der Waals surface area (Å²) < 4.78 is 10.8. The van der Waals surface area contributed by atoms with Crippen LogP contribution in [0.5, 0.6) is 11.5 Å². The van der Waals surface area contributed by atoms with E-state index in [1.54, 1.807) is 7.11 Å². The largest absolute Gasteiger partial charge is 0.493 e. The maximum Gasteiger partial charge on any atom is 0.256 e. The summed E-state index contributed by atoms with van der Waals surface area (Å²) in [5.41, 5.74) is 3.31. The number of amides is 1. The number of nitrogens with one attached hydrogen (secondary N) is 1. The molecule has 0 spiro atoms. The first kappa shape index (κ1) is 14.2. The van der Waals surface area contributed by atoms with Crippen LogP contribution in [0, 0.1) is 0 Å². The van der Waals surface area contributed by atoms with Crippen LogP contribution >= 0.6 is 0 Å². The van der Waals surface area contributed by atoms with Gasteiger partial charge in [0.15, 0.2) is 11.5 Å². The molecule has 0 atom stereocenters. The van der Waals surface area contributed by atoms with Gasteiger partial charge in [-0.25, -0.2) is 0 Å². The maximum absolute atomic E-state index is 12.1. The first-order valence-corrected chi connectivity index (χ1v) is 7.16. The Balaban J connectivity index is 2.02. The molecule has 2 aromatic rings. The number of carbonyl (C=O) groups excluding carboxylic acids is 1. The van der Waals surface area contributed by atoms with Crippen molar-refractivity contribution in [3.63, 3.8) is 0 Å². The van der Waals surface area contributed by atoms with E-state index in [1.807, 2.05) is 55.5 Å². The normalized spacial score (nSPS) is 14.6. The molecule has 4 nitrogen and oxygen atoms in total. The van der Waals surface area contributed by atoms with Crippen molar-refractivity contribution in [2.24, 2.45) is 0 Å². The van der Waals surface area contributed by atoms with Crippen molar-refractivity contribution in [3.05, 3.63) is 53.6 Å². The van der Waals surface area contributed by atoms with Crippen LogP contribution < -0.4 is 14.8 Å². The van der Waals surface area contributed by atoms with Gasteiger partial charge in [0.05, 0.1) is 13.7 Å². The highest BCUT2D eigenvalue weighted by molar-refractivity contribution is 6.34. The molecule has 1 N–H and O–H groups in total. The third kappa shape index (κ3) is 2.55. The van der Waals surface area contributed by atoms with Crippen molar-refractivity contribution in [2.75, 3.05) is 19.0 Å². The zero-order valence-electron chi connectivity index (χ0n) is 12.6. The van der Waals surface area contributed by atoms with Crippen LogP contribution in [-0.2, 0) is 4.79 Å². The van der Waals surface area contributed by atoms with Crippen molar-refractivity contribution in [1.82, 2.24) is 0 Å². The van der Waals surface area contributed by atoms with Crippen molar-refractivity contribution in [3.8, 4) is 11.5 Å². The van der Waals surface area contributed by atoms with Gasteiger partial charge in [0, 0.05) is 16.8 Å². The van der Waals surface area contributed by atoms with Crippen LogP contribution in [-0.4, -0.2) is 19.6 Å². The van der Waals surface area contributed by atoms with Gasteiger partial charge in [-0.05, 0) is 36.8 Å². The summed E-state index contributed by atoms with van der Waals surface area (Å²) in [4.78, 5) is 12.1. The Morgan fingerprint density at radius 3 is 2.73 bits per heavy atom. The summed E-state index contributed by atoms with van der Waals surface area (Å²) in [5.74, 6) is 1.27. The molecule has 0 unspecified atom stereocenters. The molecule has 1 aliphatic heterocycles. The Kier molecular flexibility index (Phi) is 3.83. The van der Waals surface area contributed by atoms with Crippen LogP contribution in [0.15, 0.2) is 42.5 Å². The Labute approximate surface area is 129 Å². The number of carbonyl (C=O) groups is 1. The van der Waals surface area contributed by atoms with Crippen molar-refractivity contribution >= 4 is 23.2 Å². The van der Waals surface area contributed by atoms with Crippen LogP contribution in [0.1, 0.15) is 18.1 Å². The predicted octanol–water partition coefficient (Wildman–Crippen LogP) is 3.59. The molecule has 22 heavy (non-hydrogen) atoms. The second-order valence-corrected chi connectivity index (χ2v) is 4.90. The molecule has 2 aromatic carbocycles. The maximum atomic E-state index is 12.1. The van der Waals surface area contributed by atoms with E-state index < -0.39 is 0 Å². The summed E-state index contributed by atoms with van der Waals surface area (Å²) in [7, 11) is 1.61. The number of hydrogen-bond donors (Lipinski definition) is 1. The average molecular weight is 295 g/mol. The molecule has 0 fully saturated rings. The Morgan fingerprint density at radius 2 is 1.95 bits per heavy atom. The first-order chi connectivity index (χ1) is 10.7. The molecular formula is C18H17NO3. The number of fused-ring (bicyclic) bond motifs is 1. The second kappa shape index (κ2) is 5.93. The molecule has 0 saturated heterocycles. The molecule has 112 valence electrons. The van der Waals surface area contributed by atoms with Gasteiger partial charge in [-0.1, -0.05) is 24.3 Å². The highest BCUT2D eigenvalue weighted by atomic mass is 16.5. The van der Waals surface area contributed by atoms with Crippen molar-refractivity contribution < 1.29 is 14.3 Å². The summed E-state index contributed by atoms with van der Waals surface area (Å²) in [6, 6.07) is 13.3. The lowest BCUT2D eigenvalue weighted by Crippen LogP contribution is -2.03. The highest BCUT2D eigenvalue weighted by Gasteiger charge is 2.23. The van der Waals surface area contributed by atoms with Crippen molar-refractivity contribution in [1.29, 1.82) is 0 Å². The topological polar surface area (TPSA) is 47.6 Å². The van der Waals surface area contributed by atoms with Gasteiger partial charge >= 0.3 is 0 Å². The molecular weight excluding hydrogens is 278 g/mol. The van der Waals surface area contributed by atoms with Crippen molar-refractivity contribution in [2.45, 2.75) is 6.92 Å². The van der Waals surface area contributed by atoms with Gasteiger partial charge in [-0.2, -0.15) is 0 Å². The molecule has 0 aliphatic carbocycles. The van der Waals surface area contributed by atoms with Gasteiger partial charge in [-0.15, -0.1) is 0 Å². The van der Waals surface area contributed by atoms with Crippen LogP contribution in [0.2, 0.25) is 0 Å². The van der Waals surface area contributed by atoms with Gasteiger partial charge in [0.25, 0.3) is 5.91 Å². The fourth-order valence-corrected chi connectivity index (χ4v) is 2.50. The van der Waals surface area contributed by atoms with E-state index in [4.69, 9.17) is 9.47 Å². The van der Waals surface area contributed by atoms with Gasteiger partial charge < -0.3 is 14.8 Å². The van der Waals surface area contributed by atoms with Crippen LogP contribution in [0.4, 0.5) is 5.69 Å². The van der Waals surface area contributed by atoms with Gasteiger partial charge in [-0.3, -0.25) is 4.79 Å². The van der Waals surface area contributed by atoms with E-state index in [1.165, 1.54) is 0 Å². The number of hydrogen-bond acceptors (Lipinski definition) is 3. The van der Waals surface area contributed by atoms with E-state index in [2.05, 4.69) is 5.32 Å². The molecule has 0 saturated carbocycles.